The summed E-state index contributed by atoms with van der Waals surface area (Å²) in [5.74, 6) is 0. The number of hydrogen-bond acceptors (Lipinski definition) is 1. The van der Waals surface area contributed by atoms with Gasteiger partial charge in [0.15, 0.2) is 0 Å². The maximum atomic E-state index is 6.03. The molecule has 11 heavy (non-hydrogen) atoms. The van der Waals surface area contributed by atoms with Crippen LogP contribution in [0.4, 0.5) is 0 Å². The minimum atomic E-state index is -0.00213. The molecule has 0 aromatic heterocycles. The summed E-state index contributed by atoms with van der Waals surface area (Å²) < 4.78 is 0. The lowest BCUT2D eigenvalue weighted by Crippen LogP contribution is -2.35. The Morgan fingerprint density at radius 1 is 1.45 bits per heavy atom. The summed E-state index contributed by atoms with van der Waals surface area (Å²) in [4.78, 5) is 0. The first-order valence-corrected chi connectivity index (χ1v) is 4.48. The van der Waals surface area contributed by atoms with Crippen molar-refractivity contribution in [3.05, 3.63) is 11.6 Å². The topological polar surface area (TPSA) is 26.0 Å². The molecule has 0 radical (unpaired) electrons. The van der Waals surface area contributed by atoms with Crippen molar-refractivity contribution in [3.8, 4) is 0 Å². The highest BCUT2D eigenvalue weighted by molar-refractivity contribution is 5.04. The third-order valence-electron chi connectivity index (χ3n) is 2.30. The Bertz CT molecular complexity index is 134. The number of rotatable bonds is 4. The monoisotopic (exact) mass is 155 g/mol. The second-order valence-electron chi connectivity index (χ2n) is 3.48. The number of hydrogen-bond donors (Lipinski definition) is 1. The fraction of sp³-hybridized carbons (Fsp3) is 0.800. The number of nitrogens with two attached hydrogens (primary N) is 1. The smallest absolute Gasteiger partial charge is 0.0160 e. The summed E-state index contributed by atoms with van der Waals surface area (Å²) >= 11 is 0. The van der Waals surface area contributed by atoms with Gasteiger partial charge < -0.3 is 5.73 Å². The average Bonchev–Trinajstić information content (AvgIpc) is 2.00. The zero-order valence-corrected chi connectivity index (χ0v) is 8.28. The van der Waals surface area contributed by atoms with E-state index in [2.05, 4.69) is 33.8 Å². The Morgan fingerprint density at radius 2 is 2.00 bits per heavy atom. The van der Waals surface area contributed by atoms with Crippen molar-refractivity contribution in [3.63, 3.8) is 0 Å². The SMILES string of the molecule is C/C=C(/CC)CC(C)(N)CC. The van der Waals surface area contributed by atoms with Crippen molar-refractivity contribution in [2.75, 3.05) is 0 Å². The molecule has 0 aliphatic rings. The third-order valence-corrected chi connectivity index (χ3v) is 2.30. The molecule has 0 rings (SSSR count). The summed E-state index contributed by atoms with van der Waals surface area (Å²) in [6, 6.07) is 0. The van der Waals surface area contributed by atoms with Crippen molar-refractivity contribution in [1.29, 1.82) is 0 Å². The zero-order valence-electron chi connectivity index (χ0n) is 8.28. The van der Waals surface area contributed by atoms with Crippen molar-refractivity contribution >= 4 is 0 Å². The molecule has 1 atom stereocenters. The van der Waals surface area contributed by atoms with Gasteiger partial charge >= 0.3 is 0 Å². The molecule has 0 heterocycles. The van der Waals surface area contributed by atoms with Gasteiger partial charge in [-0.2, -0.15) is 0 Å². The molecule has 1 unspecified atom stereocenters. The van der Waals surface area contributed by atoms with Gasteiger partial charge in [-0.1, -0.05) is 25.5 Å². The summed E-state index contributed by atoms with van der Waals surface area (Å²) in [5.41, 5.74) is 7.49. The first kappa shape index (κ1) is 10.7. The van der Waals surface area contributed by atoms with Crippen LogP contribution in [-0.4, -0.2) is 5.54 Å². The molecule has 66 valence electrons. The van der Waals surface area contributed by atoms with E-state index in [9.17, 15) is 0 Å². The van der Waals surface area contributed by atoms with Gasteiger partial charge in [0, 0.05) is 5.54 Å². The van der Waals surface area contributed by atoms with Gasteiger partial charge in [-0.25, -0.2) is 0 Å². The second kappa shape index (κ2) is 4.55. The molecule has 1 nitrogen and oxygen atoms in total. The average molecular weight is 155 g/mol. The Balaban J connectivity index is 4.01. The molecule has 0 bridgehead atoms. The van der Waals surface area contributed by atoms with Gasteiger partial charge in [0.25, 0.3) is 0 Å². The molecule has 0 fully saturated rings. The highest BCUT2D eigenvalue weighted by Crippen LogP contribution is 2.18. The maximum absolute atomic E-state index is 6.03. The van der Waals surface area contributed by atoms with Crippen LogP contribution in [0.5, 0.6) is 0 Å². The predicted molar refractivity (Wildman–Crippen MR) is 51.5 cm³/mol. The van der Waals surface area contributed by atoms with Gasteiger partial charge in [0.05, 0.1) is 0 Å². The van der Waals surface area contributed by atoms with Crippen LogP contribution in [0.3, 0.4) is 0 Å². The zero-order chi connectivity index (χ0) is 8.91. The maximum Gasteiger partial charge on any atom is 0.0160 e. The first-order chi connectivity index (χ1) is 5.05. The molecule has 0 amide bonds. The minimum Gasteiger partial charge on any atom is -0.325 e. The Labute approximate surface area is 70.7 Å². The van der Waals surface area contributed by atoms with E-state index < -0.39 is 0 Å². The van der Waals surface area contributed by atoms with E-state index in [4.69, 9.17) is 5.73 Å². The van der Waals surface area contributed by atoms with Crippen LogP contribution in [0.15, 0.2) is 11.6 Å². The van der Waals surface area contributed by atoms with E-state index in [1.54, 1.807) is 0 Å². The van der Waals surface area contributed by atoms with Gasteiger partial charge in [-0.3, -0.25) is 0 Å². The molecule has 0 aliphatic heterocycles. The van der Waals surface area contributed by atoms with E-state index in [1.165, 1.54) is 5.57 Å². The highest BCUT2D eigenvalue weighted by Gasteiger charge is 2.15. The van der Waals surface area contributed by atoms with Gasteiger partial charge in [0.2, 0.25) is 0 Å². The summed E-state index contributed by atoms with van der Waals surface area (Å²) in [5, 5.41) is 0. The summed E-state index contributed by atoms with van der Waals surface area (Å²) in [6.45, 7) is 8.53. The van der Waals surface area contributed by atoms with Crippen LogP contribution in [-0.2, 0) is 0 Å². The third kappa shape index (κ3) is 4.20. The normalized spacial score (nSPS) is 18.1. The molecule has 2 N–H and O–H groups in total. The van der Waals surface area contributed by atoms with E-state index >= 15 is 0 Å². The quantitative estimate of drug-likeness (QED) is 0.621. The van der Waals surface area contributed by atoms with Crippen LogP contribution in [0.25, 0.3) is 0 Å². The largest absolute Gasteiger partial charge is 0.325 e. The van der Waals surface area contributed by atoms with Crippen LogP contribution in [0, 0.1) is 0 Å². The standard InChI is InChI=1S/C10H21N/c1-5-9(6-2)8-10(4,11)7-3/h5H,6-8,11H2,1-4H3/b9-5-. The Morgan fingerprint density at radius 3 is 2.27 bits per heavy atom. The number of allylic oxidation sites excluding steroid dienone is 1. The van der Waals surface area contributed by atoms with E-state index in [1.807, 2.05) is 0 Å². The Kier molecular flexibility index (Phi) is 4.43. The van der Waals surface area contributed by atoms with Crippen LogP contribution in [0.1, 0.15) is 47.0 Å². The van der Waals surface area contributed by atoms with E-state index in [0.29, 0.717) is 0 Å². The molecular formula is C10H21N. The van der Waals surface area contributed by atoms with E-state index in [-0.39, 0.29) is 5.54 Å². The lowest BCUT2D eigenvalue weighted by atomic mass is 9.90. The molecule has 0 aliphatic carbocycles. The molecule has 0 aromatic carbocycles. The molecule has 0 spiro atoms. The molecular weight excluding hydrogens is 134 g/mol. The van der Waals surface area contributed by atoms with E-state index in [0.717, 1.165) is 19.3 Å². The van der Waals surface area contributed by atoms with Gasteiger partial charge in [-0.15, -0.1) is 0 Å². The van der Waals surface area contributed by atoms with Gasteiger partial charge in [0.1, 0.15) is 0 Å². The van der Waals surface area contributed by atoms with Crippen LogP contribution >= 0.6 is 0 Å². The molecule has 0 saturated carbocycles. The lowest BCUT2D eigenvalue weighted by Gasteiger charge is -2.23. The second-order valence-corrected chi connectivity index (χ2v) is 3.48. The van der Waals surface area contributed by atoms with Crippen molar-refractivity contribution < 1.29 is 0 Å². The highest BCUT2D eigenvalue weighted by atomic mass is 14.7. The minimum absolute atomic E-state index is 0.00213. The van der Waals surface area contributed by atoms with Crippen LogP contribution in [0.2, 0.25) is 0 Å². The van der Waals surface area contributed by atoms with Gasteiger partial charge in [-0.05, 0) is 33.1 Å². The Hall–Kier alpha value is -0.300. The van der Waals surface area contributed by atoms with Crippen LogP contribution < -0.4 is 5.73 Å². The van der Waals surface area contributed by atoms with Crippen molar-refractivity contribution in [2.24, 2.45) is 5.73 Å². The first-order valence-electron chi connectivity index (χ1n) is 4.48. The van der Waals surface area contributed by atoms with Crippen molar-refractivity contribution in [1.82, 2.24) is 0 Å². The molecule has 0 aromatic rings. The fourth-order valence-corrected chi connectivity index (χ4v) is 1.07. The van der Waals surface area contributed by atoms with Crippen molar-refractivity contribution in [2.45, 2.75) is 52.5 Å². The predicted octanol–water partition coefficient (Wildman–Crippen LogP) is 2.86. The summed E-state index contributed by atoms with van der Waals surface area (Å²) in [7, 11) is 0. The summed E-state index contributed by atoms with van der Waals surface area (Å²) in [6.07, 6.45) is 5.39. The molecule has 0 saturated heterocycles. The molecule has 1 heteroatoms. The lowest BCUT2D eigenvalue weighted by molar-refractivity contribution is 0.444. The fourth-order valence-electron chi connectivity index (χ4n) is 1.07.